The zero-order valence-corrected chi connectivity index (χ0v) is 14.8. The molecule has 0 spiro atoms. The lowest BCUT2D eigenvalue weighted by Crippen LogP contribution is -2.31. The Bertz CT molecular complexity index is 755. The highest BCUT2D eigenvalue weighted by Crippen LogP contribution is 2.46. The third-order valence-corrected chi connectivity index (χ3v) is 5.86. The summed E-state index contributed by atoms with van der Waals surface area (Å²) in [6.45, 7) is 4.29. The van der Waals surface area contributed by atoms with E-state index in [0.717, 1.165) is 42.2 Å². The average molecular weight is 330 g/mol. The molecule has 2 aliphatic rings. The van der Waals surface area contributed by atoms with Crippen molar-refractivity contribution < 1.29 is 5.11 Å². The largest absolute Gasteiger partial charge is 0.393 e. The van der Waals surface area contributed by atoms with Gasteiger partial charge >= 0.3 is 0 Å². The molecule has 4 rings (SSSR count). The highest BCUT2D eigenvalue weighted by molar-refractivity contribution is 5.85. The molecular weight excluding hydrogens is 304 g/mol. The molecule has 4 atom stereocenters. The van der Waals surface area contributed by atoms with Gasteiger partial charge in [0.05, 0.1) is 6.10 Å². The minimum atomic E-state index is -0.111. The van der Waals surface area contributed by atoms with Crippen molar-refractivity contribution in [2.75, 3.05) is 17.3 Å². The van der Waals surface area contributed by atoms with E-state index in [1.165, 1.54) is 0 Å². The number of imidazole rings is 1. The van der Waals surface area contributed by atoms with Crippen LogP contribution in [0.3, 0.4) is 0 Å². The van der Waals surface area contributed by atoms with Gasteiger partial charge in [-0.2, -0.15) is 0 Å². The second kappa shape index (κ2) is 5.58. The standard InChI is InChI=1S/C17H26N6O/c1-9(2)22(3)17-21-14-15(18-8-19-16(14)23(17)4)20-12-6-11-5-10(12)7-13(11)24/h8-13,24H,5-7H2,1-4H3,(H,18,19,20)/t10?,11?,12-,13-/m0/s1. The molecule has 2 bridgehead atoms. The van der Waals surface area contributed by atoms with E-state index in [9.17, 15) is 5.11 Å². The molecule has 2 fully saturated rings. The van der Waals surface area contributed by atoms with Crippen LogP contribution in [0.2, 0.25) is 0 Å². The molecule has 2 aliphatic carbocycles. The summed E-state index contributed by atoms with van der Waals surface area (Å²) in [6.07, 6.45) is 4.53. The Morgan fingerprint density at radius 2 is 2.04 bits per heavy atom. The van der Waals surface area contributed by atoms with Crippen molar-refractivity contribution >= 4 is 22.9 Å². The van der Waals surface area contributed by atoms with Gasteiger partial charge in [0.25, 0.3) is 0 Å². The summed E-state index contributed by atoms with van der Waals surface area (Å²) in [5, 5.41) is 13.5. The van der Waals surface area contributed by atoms with Crippen LogP contribution in [0.1, 0.15) is 33.1 Å². The SMILES string of the molecule is CC(C)N(C)c1nc2c(N[C@H]3CC4CC3C[C@@H]4O)ncnc2n1C. The Morgan fingerprint density at radius 3 is 2.67 bits per heavy atom. The summed E-state index contributed by atoms with van der Waals surface area (Å²) in [5.41, 5.74) is 1.67. The Hall–Kier alpha value is -1.89. The molecule has 2 saturated carbocycles. The number of nitrogens with zero attached hydrogens (tertiary/aromatic N) is 5. The number of hydrogen-bond acceptors (Lipinski definition) is 6. The van der Waals surface area contributed by atoms with Crippen LogP contribution in [-0.2, 0) is 7.05 Å². The number of nitrogens with one attached hydrogen (secondary N) is 1. The van der Waals surface area contributed by atoms with Crippen molar-refractivity contribution in [3.63, 3.8) is 0 Å². The third kappa shape index (κ3) is 2.33. The summed E-state index contributed by atoms with van der Waals surface area (Å²) in [4.78, 5) is 15.8. The highest BCUT2D eigenvalue weighted by atomic mass is 16.3. The second-order valence-electron chi connectivity index (χ2n) is 7.62. The number of hydrogen-bond donors (Lipinski definition) is 2. The molecular formula is C17H26N6O. The van der Waals surface area contributed by atoms with Crippen molar-refractivity contribution in [1.29, 1.82) is 0 Å². The molecule has 7 heteroatoms. The molecule has 0 aromatic carbocycles. The van der Waals surface area contributed by atoms with Gasteiger partial charge in [0.15, 0.2) is 17.0 Å². The van der Waals surface area contributed by atoms with Crippen molar-refractivity contribution in [2.24, 2.45) is 18.9 Å². The van der Waals surface area contributed by atoms with Crippen LogP contribution in [-0.4, -0.2) is 49.9 Å². The first-order valence-electron chi connectivity index (χ1n) is 8.80. The van der Waals surface area contributed by atoms with Crippen LogP contribution >= 0.6 is 0 Å². The van der Waals surface area contributed by atoms with E-state index in [1.54, 1.807) is 6.33 Å². The smallest absolute Gasteiger partial charge is 0.207 e. The van der Waals surface area contributed by atoms with E-state index in [-0.39, 0.29) is 6.10 Å². The second-order valence-corrected chi connectivity index (χ2v) is 7.62. The van der Waals surface area contributed by atoms with E-state index < -0.39 is 0 Å². The Morgan fingerprint density at radius 1 is 1.25 bits per heavy atom. The first kappa shape index (κ1) is 15.6. The number of fused-ring (bicyclic) bond motifs is 3. The summed E-state index contributed by atoms with van der Waals surface area (Å²) >= 11 is 0. The van der Waals surface area contributed by atoms with Gasteiger partial charge in [-0.15, -0.1) is 0 Å². The number of aromatic nitrogens is 4. The van der Waals surface area contributed by atoms with Gasteiger partial charge in [0.1, 0.15) is 6.33 Å². The van der Waals surface area contributed by atoms with Crippen LogP contribution in [0.15, 0.2) is 6.33 Å². The fourth-order valence-electron chi connectivity index (χ4n) is 4.24. The molecule has 2 aromatic heterocycles. The van der Waals surface area contributed by atoms with Gasteiger partial charge in [-0.3, -0.25) is 4.57 Å². The number of aryl methyl sites for hydroxylation is 1. The summed E-state index contributed by atoms with van der Waals surface area (Å²) in [6, 6.07) is 0.738. The molecule has 2 unspecified atom stereocenters. The monoisotopic (exact) mass is 330 g/mol. The van der Waals surface area contributed by atoms with E-state index in [0.29, 0.717) is 23.9 Å². The predicted octanol–water partition coefficient (Wildman–Crippen LogP) is 1.78. The number of anilines is 2. The molecule has 0 radical (unpaired) electrons. The quantitative estimate of drug-likeness (QED) is 0.890. The molecule has 2 N–H and O–H groups in total. The van der Waals surface area contributed by atoms with Crippen LogP contribution in [0, 0.1) is 11.8 Å². The van der Waals surface area contributed by atoms with Gasteiger partial charge in [-0.05, 0) is 44.9 Å². The number of rotatable bonds is 4. The molecule has 0 saturated heterocycles. The lowest BCUT2D eigenvalue weighted by molar-refractivity contribution is 0.110. The Balaban J connectivity index is 1.66. The maximum atomic E-state index is 9.95. The molecule has 2 aromatic rings. The van der Waals surface area contributed by atoms with Gasteiger partial charge in [0, 0.05) is 26.2 Å². The number of aliphatic hydroxyl groups excluding tert-OH is 1. The van der Waals surface area contributed by atoms with Crippen LogP contribution in [0.4, 0.5) is 11.8 Å². The maximum Gasteiger partial charge on any atom is 0.207 e. The van der Waals surface area contributed by atoms with Crippen molar-refractivity contribution in [3.8, 4) is 0 Å². The number of aliphatic hydroxyl groups is 1. The lowest BCUT2D eigenvalue weighted by atomic mass is 9.93. The highest BCUT2D eigenvalue weighted by Gasteiger charge is 2.45. The normalized spacial score (nSPS) is 28.9. The average Bonchev–Trinajstić information content (AvgIpc) is 3.20. The molecule has 0 aliphatic heterocycles. The summed E-state index contributed by atoms with van der Waals surface area (Å²) in [5.74, 6) is 2.69. The van der Waals surface area contributed by atoms with Gasteiger partial charge in [-0.25, -0.2) is 15.0 Å². The first-order chi connectivity index (χ1) is 11.5. The van der Waals surface area contributed by atoms with Crippen molar-refractivity contribution in [2.45, 2.75) is 51.3 Å². The van der Waals surface area contributed by atoms with Crippen LogP contribution in [0.5, 0.6) is 0 Å². The Labute approximate surface area is 142 Å². The summed E-state index contributed by atoms with van der Waals surface area (Å²) < 4.78 is 2.02. The summed E-state index contributed by atoms with van der Waals surface area (Å²) in [7, 11) is 4.04. The third-order valence-electron chi connectivity index (χ3n) is 5.86. The first-order valence-corrected chi connectivity index (χ1v) is 8.80. The van der Waals surface area contributed by atoms with E-state index in [4.69, 9.17) is 4.98 Å². The fourth-order valence-corrected chi connectivity index (χ4v) is 4.24. The van der Waals surface area contributed by atoms with Crippen molar-refractivity contribution in [1.82, 2.24) is 19.5 Å². The topological polar surface area (TPSA) is 79.1 Å². The molecule has 2 heterocycles. The fraction of sp³-hybridized carbons (Fsp3) is 0.706. The van der Waals surface area contributed by atoms with Gasteiger partial charge < -0.3 is 15.3 Å². The van der Waals surface area contributed by atoms with Crippen molar-refractivity contribution in [3.05, 3.63) is 6.33 Å². The van der Waals surface area contributed by atoms with E-state index in [2.05, 4.69) is 34.0 Å². The van der Waals surface area contributed by atoms with E-state index in [1.807, 2.05) is 18.7 Å². The minimum Gasteiger partial charge on any atom is -0.393 e. The molecule has 130 valence electrons. The zero-order chi connectivity index (χ0) is 17.0. The molecule has 7 nitrogen and oxygen atoms in total. The van der Waals surface area contributed by atoms with E-state index >= 15 is 0 Å². The molecule has 24 heavy (non-hydrogen) atoms. The minimum absolute atomic E-state index is 0.111. The Kier molecular flexibility index (Phi) is 3.63. The lowest BCUT2D eigenvalue weighted by Gasteiger charge is -2.26. The van der Waals surface area contributed by atoms with Gasteiger partial charge in [0.2, 0.25) is 5.95 Å². The van der Waals surface area contributed by atoms with Gasteiger partial charge in [-0.1, -0.05) is 0 Å². The maximum absolute atomic E-state index is 9.95. The van der Waals surface area contributed by atoms with Crippen LogP contribution < -0.4 is 10.2 Å². The predicted molar refractivity (Wildman–Crippen MR) is 94.1 cm³/mol. The zero-order valence-electron chi connectivity index (χ0n) is 14.8. The van der Waals surface area contributed by atoms with Crippen LogP contribution in [0.25, 0.3) is 11.2 Å². The molecule has 0 amide bonds.